The number of rotatable bonds is 14. The first kappa shape index (κ1) is 27.0. The van der Waals surface area contributed by atoms with Crippen molar-refractivity contribution in [3.8, 4) is 0 Å². The zero-order chi connectivity index (χ0) is 24.3. The van der Waals surface area contributed by atoms with Gasteiger partial charge in [0.05, 0.1) is 0 Å². The van der Waals surface area contributed by atoms with E-state index in [0.29, 0.717) is 0 Å². The van der Waals surface area contributed by atoms with Crippen LogP contribution in [0.25, 0.3) is 0 Å². The molecule has 0 aliphatic rings. The molecule has 0 aromatic heterocycles. The van der Waals surface area contributed by atoms with Gasteiger partial charge in [0.15, 0.2) is 0 Å². The number of hydrogen-bond donors (Lipinski definition) is 0. The number of hydrogen-bond acceptors (Lipinski definition) is 1. The van der Waals surface area contributed by atoms with Gasteiger partial charge in [-0.1, -0.05) is 0 Å². The Morgan fingerprint density at radius 3 is 1.32 bits per heavy atom. The predicted octanol–water partition coefficient (Wildman–Crippen LogP) is 10.9. The third-order valence-electron chi connectivity index (χ3n) is 7.01. The molecule has 3 rings (SSSR count). The van der Waals surface area contributed by atoms with E-state index in [1.165, 1.54) is 85.8 Å². The molecule has 0 aliphatic carbocycles. The van der Waals surface area contributed by atoms with E-state index in [1.54, 1.807) is 0 Å². The SMILES string of the molecule is CCCCP(Br)(CCCC)(CCCC)Cc1ccc(N(c2ccccc2)c2ccccc2)cc1. The molecule has 184 valence electrons. The number of para-hydroxylation sites is 2. The molecule has 0 amide bonds. The molecule has 3 aromatic carbocycles. The van der Waals surface area contributed by atoms with Gasteiger partial charge in [0.25, 0.3) is 0 Å². The second-order valence-corrected chi connectivity index (χ2v) is 21.2. The molecule has 3 heteroatoms. The summed E-state index contributed by atoms with van der Waals surface area (Å²) >= 11 is 4.57. The maximum atomic E-state index is 4.57. The Kier molecular flexibility index (Phi) is 10.2. The van der Waals surface area contributed by atoms with Crippen LogP contribution >= 0.6 is 20.8 Å². The third kappa shape index (κ3) is 7.19. The van der Waals surface area contributed by atoms with Crippen molar-refractivity contribution in [2.24, 2.45) is 0 Å². The van der Waals surface area contributed by atoms with Crippen LogP contribution < -0.4 is 4.90 Å². The first-order chi connectivity index (χ1) is 16.5. The summed E-state index contributed by atoms with van der Waals surface area (Å²) in [4.78, 5) is 2.35. The van der Waals surface area contributed by atoms with Gasteiger partial charge in [-0.25, -0.2) is 0 Å². The van der Waals surface area contributed by atoms with Crippen molar-refractivity contribution >= 4 is 37.9 Å². The van der Waals surface area contributed by atoms with Crippen molar-refractivity contribution in [3.63, 3.8) is 0 Å². The number of unbranched alkanes of at least 4 members (excludes halogenated alkanes) is 3. The molecule has 0 N–H and O–H groups in total. The Hall–Kier alpha value is -1.63. The molecule has 34 heavy (non-hydrogen) atoms. The van der Waals surface area contributed by atoms with Gasteiger partial charge >= 0.3 is 217 Å². The molecule has 0 atom stereocenters. The van der Waals surface area contributed by atoms with Crippen molar-refractivity contribution in [3.05, 3.63) is 90.5 Å². The number of anilines is 3. The van der Waals surface area contributed by atoms with Gasteiger partial charge in [0, 0.05) is 0 Å². The quantitative estimate of drug-likeness (QED) is 0.184. The summed E-state index contributed by atoms with van der Waals surface area (Å²) in [6.45, 7) is 7.01. The summed E-state index contributed by atoms with van der Waals surface area (Å²) in [7, 11) is 0. The summed E-state index contributed by atoms with van der Waals surface area (Å²) in [6, 6.07) is 30.8. The predicted molar refractivity (Wildman–Crippen MR) is 160 cm³/mol. The Morgan fingerprint density at radius 2 is 0.941 bits per heavy atom. The fourth-order valence-electron chi connectivity index (χ4n) is 5.04. The van der Waals surface area contributed by atoms with Crippen LogP contribution in [0.3, 0.4) is 0 Å². The average Bonchev–Trinajstić information content (AvgIpc) is 2.88. The van der Waals surface area contributed by atoms with Crippen LogP contribution in [0.15, 0.2) is 84.9 Å². The minimum absolute atomic E-state index is 1.19. The molecule has 0 spiro atoms. The molecule has 0 saturated heterocycles. The second-order valence-electron chi connectivity index (χ2n) is 9.88. The fraction of sp³-hybridized carbons (Fsp3) is 0.419. The van der Waals surface area contributed by atoms with Crippen molar-refractivity contribution in [2.75, 3.05) is 23.4 Å². The number of halogens is 1. The monoisotopic (exact) mass is 539 g/mol. The van der Waals surface area contributed by atoms with Gasteiger partial charge in [-0.05, 0) is 0 Å². The van der Waals surface area contributed by atoms with Crippen LogP contribution in [-0.2, 0) is 6.16 Å². The zero-order valence-corrected chi connectivity index (χ0v) is 23.9. The molecule has 0 heterocycles. The molecule has 3 aromatic rings. The summed E-state index contributed by atoms with van der Waals surface area (Å²) in [5.41, 5.74) is 5.08. The first-order valence-electron chi connectivity index (χ1n) is 13.2. The van der Waals surface area contributed by atoms with Gasteiger partial charge < -0.3 is 0 Å². The van der Waals surface area contributed by atoms with E-state index < -0.39 is 5.31 Å². The van der Waals surface area contributed by atoms with Crippen LogP contribution in [0.1, 0.15) is 64.9 Å². The Balaban J connectivity index is 1.93. The van der Waals surface area contributed by atoms with E-state index in [1.807, 2.05) is 0 Å². The summed E-state index contributed by atoms with van der Waals surface area (Å²) in [5.74, 6) is 0. The van der Waals surface area contributed by atoms with E-state index in [-0.39, 0.29) is 0 Å². The van der Waals surface area contributed by atoms with Gasteiger partial charge in [-0.3, -0.25) is 0 Å². The molecule has 1 nitrogen and oxygen atoms in total. The Morgan fingerprint density at radius 1 is 0.559 bits per heavy atom. The average molecular weight is 541 g/mol. The molecule has 0 aliphatic heterocycles. The van der Waals surface area contributed by atoms with Crippen molar-refractivity contribution in [1.82, 2.24) is 0 Å². The van der Waals surface area contributed by atoms with Crippen LogP contribution in [0, 0.1) is 0 Å². The maximum absolute atomic E-state index is 4.57. The third-order valence-corrected chi connectivity index (χ3v) is 16.4. The Labute approximate surface area is 216 Å². The molecule has 0 fully saturated rings. The van der Waals surface area contributed by atoms with Crippen molar-refractivity contribution in [1.29, 1.82) is 0 Å². The molecule has 0 unspecified atom stereocenters. The molecule has 0 radical (unpaired) electrons. The molecular formula is C31H43BrNP. The minimum atomic E-state index is -1.97. The Bertz CT molecular complexity index is 907. The van der Waals surface area contributed by atoms with E-state index in [0.717, 1.165) is 0 Å². The fourth-order valence-corrected chi connectivity index (χ4v) is 13.8. The second kappa shape index (κ2) is 12.9. The van der Waals surface area contributed by atoms with Gasteiger partial charge in [-0.2, -0.15) is 0 Å². The van der Waals surface area contributed by atoms with Crippen molar-refractivity contribution in [2.45, 2.75) is 65.5 Å². The number of nitrogens with zero attached hydrogens (tertiary/aromatic N) is 1. The topological polar surface area (TPSA) is 3.24 Å². The zero-order valence-electron chi connectivity index (χ0n) is 21.4. The van der Waals surface area contributed by atoms with Crippen LogP contribution in [-0.4, -0.2) is 18.5 Å². The van der Waals surface area contributed by atoms with E-state index in [2.05, 4.69) is 126 Å². The van der Waals surface area contributed by atoms with Crippen LogP contribution in [0.2, 0.25) is 0 Å². The summed E-state index contributed by atoms with van der Waals surface area (Å²) in [6.07, 6.45) is 13.2. The van der Waals surface area contributed by atoms with E-state index in [4.69, 9.17) is 0 Å². The first-order valence-corrected chi connectivity index (χ1v) is 18.2. The number of benzene rings is 3. The van der Waals surface area contributed by atoms with Gasteiger partial charge in [-0.15, -0.1) is 0 Å². The van der Waals surface area contributed by atoms with Crippen LogP contribution in [0.4, 0.5) is 17.1 Å². The summed E-state index contributed by atoms with van der Waals surface area (Å²) in [5, 5.41) is -1.97. The molecule has 0 bridgehead atoms. The van der Waals surface area contributed by atoms with E-state index in [9.17, 15) is 0 Å². The normalized spacial score (nSPS) is 12.8. The van der Waals surface area contributed by atoms with E-state index >= 15 is 0 Å². The van der Waals surface area contributed by atoms with Gasteiger partial charge in [0.1, 0.15) is 0 Å². The van der Waals surface area contributed by atoms with Gasteiger partial charge in [0.2, 0.25) is 0 Å². The van der Waals surface area contributed by atoms with Crippen LogP contribution in [0.5, 0.6) is 0 Å². The standard InChI is InChI=1S/C31H43BrNP/c1-4-7-24-34(32,25-8-5-2,26-9-6-3)27-28-20-22-31(23-21-28)33(29-16-12-10-13-17-29)30-18-14-11-15-19-30/h10-23H,4-9,24-27H2,1-3H3. The summed E-state index contributed by atoms with van der Waals surface area (Å²) < 4.78 is 0. The van der Waals surface area contributed by atoms with Crippen molar-refractivity contribution < 1.29 is 0 Å². The molecule has 0 saturated carbocycles. The molecular weight excluding hydrogens is 497 g/mol.